The van der Waals surface area contributed by atoms with E-state index in [2.05, 4.69) is 15.0 Å². The van der Waals surface area contributed by atoms with Gasteiger partial charge in [0.1, 0.15) is 0 Å². The van der Waals surface area contributed by atoms with Crippen LogP contribution in [0.3, 0.4) is 0 Å². The number of nitrogens with zero attached hydrogens (tertiary/aromatic N) is 4. The number of hydrogen-bond acceptors (Lipinski definition) is 7. The molecule has 35 heavy (non-hydrogen) atoms. The molecule has 0 aliphatic carbocycles. The Hall–Kier alpha value is -3.60. The van der Waals surface area contributed by atoms with Gasteiger partial charge in [0.15, 0.2) is 11.5 Å². The van der Waals surface area contributed by atoms with Gasteiger partial charge in [-0.1, -0.05) is 23.4 Å². The third-order valence-electron chi connectivity index (χ3n) is 6.04. The number of aromatic nitrogens is 2. The number of amides is 1. The average molecular weight is 488 g/mol. The maximum atomic E-state index is 12.9. The zero-order valence-corrected chi connectivity index (χ0v) is 18.8. The van der Waals surface area contributed by atoms with Gasteiger partial charge in [-0.2, -0.15) is 18.2 Å². The van der Waals surface area contributed by atoms with E-state index in [1.54, 1.807) is 4.90 Å². The lowest BCUT2D eigenvalue weighted by Crippen LogP contribution is -2.48. The number of ether oxygens (including phenoxy) is 2. The highest BCUT2D eigenvalue weighted by atomic mass is 19.4. The van der Waals surface area contributed by atoms with Crippen LogP contribution in [-0.2, 0) is 23.9 Å². The largest absolute Gasteiger partial charge is 0.454 e. The molecule has 0 unspecified atom stereocenters. The summed E-state index contributed by atoms with van der Waals surface area (Å²) in [6.45, 7) is 3.74. The van der Waals surface area contributed by atoms with Crippen LogP contribution in [0, 0.1) is 0 Å². The lowest BCUT2D eigenvalue weighted by molar-refractivity contribution is -0.137. The Bertz CT molecular complexity index is 1210. The minimum atomic E-state index is -4.45. The van der Waals surface area contributed by atoms with Gasteiger partial charge in [-0.15, -0.1) is 0 Å². The Morgan fingerprint density at radius 1 is 1.00 bits per heavy atom. The molecule has 11 heteroatoms. The third kappa shape index (κ3) is 5.40. The number of piperazine rings is 1. The summed E-state index contributed by atoms with van der Waals surface area (Å²) in [5.41, 5.74) is 0.552. The summed E-state index contributed by atoms with van der Waals surface area (Å²) in [7, 11) is 0. The van der Waals surface area contributed by atoms with Crippen LogP contribution in [0.5, 0.6) is 11.5 Å². The second kappa shape index (κ2) is 9.57. The molecular formula is C24H23F3N4O4. The van der Waals surface area contributed by atoms with Crippen molar-refractivity contribution in [3.63, 3.8) is 0 Å². The highest BCUT2D eigenvalue weighted by Crippen LogP contribution is 2.33. The first-order valence-corrected chi connectivity index (χ1v) is 11.2. The molecule has 1 aromatic heterocycles. The van der Waals surface area contributed by atoms with E-state index in [0.29, 0.717) is 13.1 Å². The van der Waals surface area contributed by atoms with Gasteiger partial charge in [0, 0.05) is 51.1 Å². The Morgan fingerprint density at radius 2 is 1.80 bits per heavy atom. The molecule has 2 aromatic carbocycles. The van der Waals surface area contributed by atoms with Crippen molar-refractivity contribution in [1.29, 1.82) is 0 Å². The number of alkyl halides is 3. The molecule has 3 heterocycles. The molecule has 8 nitrogen and oxygen atoms in total. The van der Waals surface area contributed by atoms with Crippen molar-refractivity contribution >= 4 is 5.91 Å². The van der Waals surface area contributed by atoms with Crippen molar-refractivity contribution < 1.29 is 32.0 Å². The van der Waals surface area contributed by atoms with Crippen molar-refractivity contribution in [3.05, 3.63) is 59.5 Å². The van der Waals surface area contributed by atoms with Crippen molar-refractivity contribution in [2.75, 3.05) is 33.0 Å². The minimum Gasteiger partial charge on any atom is -0.454 e. The van der Waals surface area contributed by atoms with Gasteiger partial charge >= 0.3 is 6.18 Å². The molecule has 1 fully saturated rings. The molecule has 0 radical (unpaired) electrons. The molecule has 5 rings (SSSR count). The normalized spacial score (nSPS) is 16.0. The zero-order valence-electron chi connectivity index (χ0n) is 18.8. The molecule has 0 atom stereocenters. The van der Waals surface area contributed by atoms with E-state index < -0.39 is 11.7 Å². The number of hydrogen-bond donors (Lipinski definition) is 0. The Kier molecular flexibility index (Phi) is 6.33. The lowest BCUT2D eigenvalue weighted by Gasteiger charge is -2.34. The van der Waals surface area contributed by atoms with E-state index in [1.807, 2.05) is 18.2 Å². The molecule has 1 saturated heterocycles. The minimum absolute atomic E-state index is 0.0217. The van der Waals surface area contributed by atoms with Gasteiger partial charge in [0.05, 0.1) is 5.56 Å². The average Bonchev–Trinajstić information content (AvgIpc) is 3.52. The van der Waals surface area contributed by atoms with Crippen LogP contribution >= 0.6 is 0 Å². The van der Waals surface area contributed by atoms with E-state index in [-0.39, 0.29) is 42.8 Å². The quantitative estimate of drug-likeness (QED) is 0.523. The highest BCUT2D eigenvalue weighted by Gasteiger charge is 2.31. The summed E-state index contributed by atoms with van der Waals surface area (Å²) < 4.78 is 54.7. The number of rotatable bonds is 6. The Morgan fingerprint density at radius 3 is 2.60 bits per heavy atom. The number of fused-ring (bicyclic) bond motifs is 1. The van der Waals surface area contributed by atoms with Crippen molar-refractivity contribution in [2.24, 2.45) is 0 Å². The summed E-state index contributed by atoms with van der Waals surface area (Å²) in [6.07, 6.45) is -4.04. The van der Waals surface area contributed by atoms with Gasteiger partial charge in [0.25, 0.3) is 0 Å². The standard InChI is InChI=1S/C24H23F3N4O4/c25-24(26,27)18-3-1-2-17(13-18)23-28-21(35-29-23)6-7-22(32)31-10-8-30(9-11-31)14-16-4-5-19-20(12-16)34-15-33-19/h1-5,12-13H,6-11,14-15H2. The SMILES string of the molecule is O=C(CCc1nc(-c2cccc(C(F)(F)F)c2)no1)N1CCN(Cc2ccc3c(c2)OCO3)CC1. The van der Waals surface area contributed by atoms with E-state index in [9.17, 15) is 18.0 Å². The maximum absolute atomic E-state index is 12.9. The van der Waals surface area contributed by atoms with Gasteiger partial charge in [-0.05, 0) is 29.8 Å². The Labute approximate surface area is 199 Å². The van der Waals surface area contributed by atoms with E-state index >= 15 is 0 Å². The zero-order chi connectivity index (χ0) is 24.4. The number of carbonyl (C=O) groups excluding carboxylic acids is 1. The van der Waals surface area contributed by atoms with Gasteiger partial charge < -0.3 is 18.9 Å². The van der Waals surface area contributed by atoms with Crippen molar-refractivity contribution in [3.8, 4) is 22.9 Å². The first-order valence-electron chi connectivity index (χ1n) is 11.2. The summed E-state index contributed by atoms with van der Waals surface area (Å²) in [4.78, 5) is 20.9. The highest BCUT2D eigenvalue weighted by molar-refractivity contribution is 5.76. The van der Waals surface area contributed by atoms with E-state index in [0.717, 1.165) is 48.8 Å². The van der Waals surface area contributed by atoms with Crippen LogP contribution in [0.15, 0.2) is 47.0 Å². The molecule has 2 aliphatic heterocycles. The second-order valence-electron chi connectivity index (χ2n) is 8.43. The fourth-order valence-corrected chi connectivity index (χ4v) is 4.13. The fourth-order valence-electron chi connectivity index (χ4n) is 4.13. The summed E-state index contributed by atoms with van der Waals surface area (Å²) in [6, 6.07) is 10.7. The third-order valence-corrected chi connectivity index (χ3v) is 6.04. The number of halogens is 3. The van der Waals surface area contributed by atoms with Crippen LogP contribution < -0.4 is 9.47 Å². The van der Waals surface area contributed by atoms with Crippen LogP contribution in [0.2, 0.25) is 0 Å². The molecule has 0 bridgehead atoms. The molecule has 3 aromatic rings. The Balaban J connectivity index is 1.10. The van der Waals surface area contributed by atoms with Crippen LogP contribution in [-0.4, -0.2) is 58.8 Å². The summed E-state index contributed by atoms with van der Waals surface area (Å²) in [5, 5.41) is 3.77. The van der Waals surface area contributed by atoms with Crippen LogP contribution in [0.1, 0.15) is 23.4 Å². The predicted molar refractivity (Wildman–Crippen MR) is 117 cm³/mol. The monoisotopic (exact) mass is 488 g/mol. The molecule has 1 amide bonds. The number of benzene rings is 2. The van der Waals surface area contributed by atoms with Crippen molar-refractivity contribution in [2.45, 2.75) is 25.6 Å². The van der Waals surface area contributed by atoms with Gasteiger partial charge in [-0.3, -0.25) is 9.69 Å². The maximum Gasteiger partial charge on any atom is 0.416 e. The first-order chi connectivity index (χ1) is 16.8. The topological polar surface area (TPSA) is 80.9 Å². The van der Waals surface area contributed by atoms with Crippen LogP contribution in [0.25, 0.3) is 11.4 Å². The molecule has 0 N–H and O–H groups in total. The number of carbonyl (C=O) groups is 1. The first kappa shape index (κ1) is 23.2. The van der Waals surface area contributed by atoms with Gasteiger partial charge in [-0.25, -0.2) is 0 Å². The molecule has 0 spiro atoms. The fraction of sp³-hybridized carbons (Fsp3) is 0.375. The van der Waals surface area contributed by atoms with Gasteiger partial charge in [0.2, 0.25) is 24.4 Å². The second-order valence-corrected chi connectivity index (χ2v) is 8.43. The molecule has 0 saturated carbocycles. The summed E-state index contributed by atoms with van der Waals surface area (Å²) >= 11 is 0. The molecule has 184 valence electrons. The van der Waals surface area contributed by atoms with E-state index in [1.165, 1.54) is 12.1 Å². The molecule has 2 aliphatic rings. The lowest BCUT2D eigenvalue weighted by atomic mass is 10.1. The molecular weight excluding hydrogens is 465 g/mol. The predicted octanol–water partition coefficient (Wildman–Crippen LogP) is 3.76. The number of aryl methyl sites for hydroxylation is 1. The van der Waals surface area contributed by atoms with E-state index in [4.69, 9.17) is 14.0 Å². The van der Waals surface area contributed by atoms with Crippen LogP contribution in [0.4, 0.5) is 13.2 Å². The summed E-state index contributed by atoms with van der Waals surface area (Å²) in [5.74, 6) is 1.77. The van der Waals surface area contributed by atoms with Crippen molar-refractivity contribution in [1.82, 2.24) is 19.9 Å². The smallest absolute Gasteiger partial charge is 0.416 e.